The van der Waals surface area contributed by atoms with E-state index >= 15 is 0 Å². The van der Waals surface area contributed by atoms with Gasteiger partial charge in [-0.3, -0.25) is 0 Å². The summed E-state index contributed by atoms with van der Waals surface area (Å²) in [6, 6.07) is 10.1. The van der Waals surface area contributed by atoms with E-state index in [1.807, 2.05) is 32.0 Å². The molecular formula is C14H16N4. The first-order valence-electron chi connectivity index (χ1n) is 5.81. The van der Waals surface area contributed by atoms with Crippen LogP contribution >= 0.6 is 0 Å². The molecule has 0 bridgehead atoms. The molecular weight excluding hydrogens is 224 g/mol. The Labute approximate surface area is 107 Å². The van der Waals surface area contributed by atoms with Gasteiger partial charge in [0.15, 0.2) is 0 Å². The number of hydrogen-bond acceptors (Lipinski definition) is 4. The van der Waals surface area contributed by atoms with Gasteiger partial charge in [-0.2, -0.15) is 5.10 Å². The molecule has 0 aliphatic rings. The Bertz CT molecular complexity index is 538. The SMILES string of the molecule is Cc1ccc(/C=N\Nc2nc(C)cc(C)n2)cc1. The summed E-state index contributed by atoms with van der Waals surface area (Å²) in [4.78, 5) is 8.49. The lowest BCUT2D eigenvalue weighted by atomic mass is 10.2. The topological polar surface area (TPSA) is 50.2 Å². The zero-order chi connectivity index (χ0) is 13.0. The predicted octanol–water partition coefficient (Wildman–Crippen LogP) is 2.85. The molecule has 0 aliphatic carbocycles. The Morgan fingerprint density at radius 3 is 2.22 bits per heavy atom. The molecule has 1 N–H and O–H groups in total. The van der Waals surface area contributed by atoms with E-state index in [0.29, 0.717) is 5.95 Å². The third-order valence-electron chi connectivity index (χ3n) is 2.44. The minimum absolute atomic E-state index is 0.524. The smallest absolute Gasteiger partial charge is 0.243 e. The molecule has 0 unspecified atom stereocenters. The number of nitrogens with one attached hydrogen (secondary N) is 1. The first-order chi connectivity index (χ1) is 8.63. The van der Waals surface area contributed by atoms with Crippen molar-refractivity contribution in [2.24, 2.45) is 5.10 Å². The summed E-state index contributed by atoms with van der Waals surface area (Å²) >= 11 is 0. The molecule has 4 nitrogen and oxygen atoms in total. The van der Waals surface area contributed by atoms with E-state index in [2.05, 4.69) is 39.6 Å². The summed E-state index contributed by atoms with van der Waals surface area (Å²) in [6.07, 6.45) is 1.75. The van der Waals surface area contributed by atoms with Gasteiger partial charge >= 0.3 is 0 Å². The number of hydrazone groups is 1. The number of anilines is 1. The standard InChI is InChI=1S/C14H16N4/c1-10-4-6-13(7-5-10)9-15-18-14-16-11(2)8-12(3)17-14/h4-9H,1-3H3,(H,16,17,18)/b15-9-. The lowest BCUT2D eigenvalue weighted by Crippen LogP contribution is -1.99. The van der Waals surface area contributed by atoms with Crippen LogP contribution in [0.2, 0.25) is 0 Å². The fourth-order valence-electron chi connectivity index (χ4n) is 1.59. The van der Waals surface area contributed by atoms with Crippen molar-refractivity contribution in [1.29, 1.82) is 0 Å². The number of hydrogen-bond donors (Lipinski definition) is 1. The molecule has 0 saturated heterocycles. The lowest BCUT2D eigenvalue weighted by Gasteiger charge is -2.01. The van der Waals surface area contributed by atoms with Crippen molar-refractivity contribution in [3.63, 3.8) is 0 Å². The Balaban J connectivity index is 2.04. The molecule has 0 amide bonds. The third-order valence-corrected chi connectivity index (χ3v) is 2.44. The Morgan fingerprint density at radius 1 is 1.00 bits per heavy atom. The van der Waals surface area contributed by atoms with E-state index in [1.165, 1.54) is 5.56 Å². The number of aromatic nitrogens is 2. The summed E-state index contributed by atoms with van der Waals surface area (Å²) in [5.41, 5.74) is 6.96. The van der Waals surface area contributed by atoms with E-state index in [9.17, 15) is 0 Å². The third kappa shape index (κ3) is 3.38. The van der Waals surface area contributed by atoms with Crippen molar-refractivity contribution in [3.05, 3.63) is 52.8 Å². The highest BCUT2D eigenvalue weighted by atomic mass is 15.3. The van der Waals surface area contributed by atoms with Crippen LogP contribution in [-0.4, -0.2) is 16.2 Å². The van der Waals surface area contributed by atoms with E-state index in [0.717, 1.165) is 17.0 Å². The van der Waals surface area contributed by atoms with E-state index in [-0.39, 0.29) is 0 Å². The minimum atomic E-state index is 0.524. The first-order valence-corrected chi connectivity index (χ1v) is 5.81. The van der Waals surface area contributed by atoms with Gasteiger partial charge in [-0.15, -0.1) is 0 Å². The average molecular weight is 240 g/mol. The molecule has 0 spiro atoms. The van der Waals surface area contributed by atoms with Crippen molar-refractivity contribution in [1.82, 2.24) is 9.97 Å². The molecule has 0 fully saturated rings. The van der Waals surface area contributed by atoms with Crippen LogP contribution < -0.4 is 5.43 Å². The van der Waals surface area contributed by atoms with Gasteiger partial charge in [0.1, 0.15) is 0 Å². The van der Waals surface area contributed by atoms with Gasteiger partial charge in [0.2, 0.25) is 5.95 Å². The van der Waals surface area contributed by atoms with Gasteiger partial charge in [-0.05, 0) is 32.4 Å². The Hall–Kier alpha value is -2.23. The van der Waals surface area contributed by atoms with E-state index < -0.39 is 0 Å². The number of rotatable bonds is 3. The van der Waals surface area contributed by atoms with E-state index in [1.54, 1.807) is 6.21 Å². The van der Waals surface area contributed by atoms with Crippen molar-refractivity contribution in [3.8, 4) is 0 Å². The second-order valence-corrected chi connectivity index (χ2v) is 4.25. The molecule has 2 aromatic rings. The van der Waals surface area contributed by atoms with Crippen molar-refractivity contribution in [2.45, 2.75) is 20.8 Å². The maximum absolute atomic E-state index is 4.24. The van der Waals surface area contributed by atoms with Crippen LogP contribution in [0.25, 0.3) is 0 Å². The quantitative estimate of drug-likeness (QED) is 0.663. The summed E-state index contributed by atoms with van der Waals surface area (Å²) in [7, 11) is 0. The van der Waals surface area contributed by atoms with Crippen LogP contribution in [0, 0.1) is 20.8 Å². The van der Waals surface area contributed by atoms with Crippen LogP contribution in [0.3, 0.4) is 0 Å². The molecule has 4 heteroatoms. The van der Waals surface area contributed by atoms with Gasteiger partial charge < -0.3 is 0 Å². The second-order valence-electron chi connectivity index (χ2n) is 4.25. The molecule has 0 radical (unpaired) electrons. The predicted molar refractivity (Wildman–Crippen MR) is 73.9 cm³/mol. The molecule has 1 aromatic carbocycles. The van der Waals surface area contributed by atoms with Crippen molar-refractivity contribution >= 4 is 12.2 Å². The monoisotopic (exact) mass is 240 g/mol. The van der Waals surface area contributed by atoms with Crippen molar-refractivity contribution < 1.29 is 0 Å². The molecule has 0 saturated carbocycles. The normalized spacial score (nSPS) is 10.8. The van der Waals surface area contributed by atoms with Crippen LogP contribution in [-0.2, 0) is 0 Å². The van der Waals surface area contributed by atoms with Gasteiger partial charge in [0.25, 0.3) is 0 Å². The Kier molecular flexibility index (Phi) is 3.67. The number of nitrogens with zero attached hydrogens (tertiary/aromatic N) is 3. The van der Waals surface area contributed by atoms with Crippen LogP contribution in [0.15, 0.2) is 35.4 Å². The summed E-state index contributed by atoms with van der Waals surface area (Å²) < 4.78 is 0. The molecule has 1 heterocycles. The fraction of sp³-hybridized carbons (Fsp3) is 0.214. The van der Waals surface area contributed by atoms with Gasteiger partial charge in [-0.1, -0.05) is 29.8 Å². The molecule has 1 aromatic heterocycles. The molecule has 0 atom stereocenters. The maximum atomic E-state index is 4.24. The van der Waals surface area contributed by atoms with Crippen LogP contribution in [0.4, 0.5) is 5.95 Å². The maximum Gasteiger partial charge on any atom is 0.243 e. The molecule has 18 heavy (non-hydrogen) atoms. The summed E-state index contributed by atoms with van der Waals surface area (Å²) in [6.45, 7) is 5.93. The minimum Gasteiger partial charge on any atom is -0.245 e. The summed E-state index contributed by atoms with van der Waals surface area (Å²) in [5, 5.41) is 4.12. The zero-order valence-electron chi connectivity index (χ0n) is 10.8. The largest absolute Gasteiger partial charge is 0.245 e. The van der Waals surface area contributed by atoms with Gasteiger partial charge in [0.05, 0.1) is 6.21 Å². The highest BCUT2D eigenvalue weighted by Crippen LogP contribution is 2.04. The van der Waals surface area contributed by atoms with Gasteiger partial charge in [-0.25, -0.2) is 15.4 Å². The van der Waals surface area contributed by atoms with Gasteiger partial charge in [0, 0.05) is 11.4 Å². The van der Waals surface area contributed by atoms with E-state index in [4.69, 9.17) is 0 Å². The summed E-state index contributed by atoms with van der Waals surface area (Å²) in [5.74, 6) is 0.524. The highest BCUT2D eigenvalue weighted by molar-refractivity contribution is 5.80. The van der Waals surface area contributed by atoms with Crippen LogP contribution in [0.5, 0.6) is 0 Å². The second kappa shape index (κ2) is 5.40. The zero-order valence-corrected chi connectivity index (χ0v) is 10.8. The molecule has 92 valence electrons. The Morgan fingerprint density at radius 2 is 1.61 bits per heavy atom. The molecule has 2 rings (SSSR count). The average Bonchev–Trinajstić information content (AvgIpc) is 2.30. The highest BCUT2D eigenvalue weighted by Gasteiger charge is 1.96. The molecule has 0 aliphatic heterocycles. The number of benzene rings is 1. The lowest BCUT2D eigenvalue weighted by molar-refractivity contribution is 1.04. The first kappa shape index (κ1) is 12.2. The number of aryl methyl sites for hydroxylation is 3. The van der Waals surface area contributed by atoms with Crippen molar-refractivity contribution in [2.75, 3.05) is 5.43 Å². The fourth-order valence-corrected chi connectivity index (χ4v) is 1.59. The van der Waals surface area contributed by atoms with Crippen LogP contribution in [0.1, 0.15) is 22.5 Å².